The van der Waals surface area contributed by atoms with Crippen LogP contribution >= 0.6 is 0 Å². The van der Waals surface area contributed by atoms with Crippen molar-refractivity contribution in [3.05, 3.63) is 29.8 Å². The van der Waals surface area contributed by atoms with Gasteiger partial charge in [-0.25, -0.2) is 0 Å². The number of para-hydroxylation sites is 1. The van der Waals surface area contributed by atoms with Crippen LogP contribution in [0.1, 0.15) is 25.0 Å². The van der Waals surface area contributed by atoms with E-state index in [9.17, 15) is 5.11 Å². The van der Waals surface area contributed by atoms with Crippen LogP contribution in [0, 0.1) is 5.92 Å². The van der Waals surface area contributed by atoms with Gasteiger partial charge in [0.1, 0.15) is 0 Å². The van der Waals surface area contributed by atoms with E-state index in [0.29, 0.717) is 5.92 Å². The summed E-state index contributed by atoms with van der Waals surface area (Å²) >= 11 is 0. The van der Waals surface area contributed by atoms with Crippen LogP contribution in [-0.4, -0.2) is 31.9 Å². The van der Waals surface area contributed by atoms with Crippen molar-refractivity contribution >= 4 is 5.69 Å². The van der Waals surface area contributed by atoms with E-state index in [0.717, 1.165) is 25.3 Å². The standard InChI is InChI=1S/C14H21NO2/c1-11(16)13-5-3-4-6-14(13)15-8-7-12(9-15)10-17-2/h3-6,11-12,16H,7-10H2,1-2H3/t11-,12?/m0/s1. The molecule has 1 aromatic carbocycles. The Kier molecular flexibility index (Phi) is 4.02. The molecule has 1 aromatic rings. The quantitative estimate of drug-likeness (QED) is 0.868. The summed E-state index contributed by atoms with van der Waals surface area (Å²) in [5.41, 5.74) is 2.19. The second-order valence-electron chi connectivity index (χ2n) is 4.79. The van der Waals surface area contributed by atoms with Gasteiger partial charge in [-0.3, -0.25) is 0 Å². The zero-order valence-electron chi connectivity index (χ0n) is 10.6. The Bertz CT molecular complexity index is 365. The van der Waals surface area contributed by atoms with Crippen LogP contribution in [0.25, 0.3) is 0 Å². The molecule has 1 heterocycles. The van der Waals surface area contributed by atoms with Crippen LogP contribution in [0.4, 0.5) is 5.69 Å². The molecule has 3 nitrogen and oxygen atoms in total. The lowest BCUT2D eigenvalue weighted by Crippen LogP contribution is -2.22. The molecule has 0 aliphatic carbocycles. The summed E-state index contributed by atoms with van der Waals surface area (Å²) in [6.07, 6.45) is 0.759. The van der Waals surface area contributed by atoms with Crippen molar-refractivity contribution in [2.45, 2.75) is 19.4 Å². The molecule has 1 saturated heterocycles. The second kappa shape index (κ2) is 5.52. The molecule has 0 amide bonds. The summed E-state index contributed by atoms with van der Waals surface area (Å²) in [4.78, 5) is 2.35. The van der Waals surface area contributed by atoms with E-state index < -0.39 is 6.10 Å². The van der Waals surface area contributed by atoms with E-state index in [-0.39, 0.29) is 0 Å². The number of ether oxygens (including phenoxy) is 1. The molecule has 1 N–H and O–H groups in total. The minimum Gasteiger partial charge on any atom is -0.389 e. The molecule has 94 valence electrons. The van der Waals surface area contributed by atoms with Gasteiger partial charge in [0, 0.05) is 37.4 Å². The monoisotopic (exact) mass is 235 g/mol. The third-order valence-corrected chi connectivity index (χ3v) is 3.42. The molecule has 0 bridgehead atoms. The van der Waals surface area contributed by atoms with Crippen molar-refractivity contribution in [1.82, 2.24) is 0 Å². The summed E-state index contributed by atoms with van der Waals surface area (Å²) < 4.78 is 5.21. The third-order valence-electron chi connectivity index (χ3n) is 3.42. The molecule has 0 spiro atoms. The zero-order valence-corrected chi connectivity index (χ0v) is 10.6. The molecule has 17 heavy (non-hydrogen) atoms. The molecule has 0 radical (unpaired) electrons. The summed E-state index contributed by atoms with van der Waals surface area (Å²) in [6.45, 7) is 4.73. The van der Waals surface area contributed by atoms with Crippen LogP contribution in [-0.2, 0) is 4.74 Å². The third kappa shape index (κ3) is 2.79. The van der Waals surface area contributed by atoms with Crippen molar-refractivity contribution in [3.8, 4) is 0 Å². The van der Waals surface area contributed by atoms with Gasteiger partial charge in [-0.05, 0) is 19.4 Å². The Morgan fingerprint density at radius 2 is 2.24 bits per heavy atom. The smallest absolute Gasteiger partial charge is 0.0781 e. The highest BCUT2D eigenvalue weighted by Crippen LogP contribution is 2.30. The van der Waals surface area contributed by atoms with Gasteiger partial charge in [0.05, 0.1) is 12.7 Å². The molecule has 3 heteroatoms. The number of hydrogen-bond acceptors (Lipinski definition) is 3. The highest BCUT2D eigenvalue weighted by atomic mass is 16.5. The minimum atomic E-state index is -0.410. The highest BCUT2D eigenvalue weighted by Gasteiger charge is 2.24. The Hall–Kier alpha value is -1.06. The molecule has 1 fully saturated rings. The maximum Gasteiger partial charge on any atom is 0.0781 e. The summed E-state index contributed by atoms with van der Waals surface area (Å²) in [6, 6.07) is 8.11. The highest BCUT2D eigenvalue weighted by molar-refractivity contribution is 5.55. The first-order valence-electron chi connectivity index (χ1n) is 6.23. The number of aliphatic hydroxyl groups excluding tert-OH is 1. The number of nitrogens with zero attached hydrogens (tertiary/aromatic N) is 1. The lowest BCUT2D eigenvalue weighted by molar-refractivity contribution is 0.161. The average molecular weight is 235 g/mol. The van der Waals surface area contributed by atoms with E-state index in [1.165, 1.54) is 12.1 Å². The Balaban J connectivity index is 2.13. The zero-order chi connectivity index (χ0) is 12.3. The van der Waals surface area contributed by atoms with Gasteiger partial charge in [-0.15, -0.1) is 0 Å². The molecular formula is C14H21NO2. The van der Waals surface area contributed by atoms with Gasteiger partial charge < -0.3 is 14.7 Å². The molecule has 0 aromatic heterocycles. The van der Waals surface area contributed by atoms with Crippen LogP contribution in [0.5, 0.6) is 0 Å². The van der Waals surface area contributed by atoms with Gasteiger partial charge >= 0.3 is 0 Å². The van der Waals surface area contributed by atoms with E-state index in [1.807, 2.05) is 25.1 Å². The molecule has 0 saturated carbocycles. The van der Waals surface area contributed by atoms with E-state index in [1.54, 1.807) is 7.11 Å². The van der Waals surface area contributed by atoms with Crippen LogP contribution in [0.3, 0.4) is 0 Å². The Morgan fingerprint density at radius 3 is 2.94 bits per heavy atom. The molecule has 1 aliphatic rings. The average Bonchev–Trinajstić information content (AvgIpc) is 2.78. The first-order chi connectivity index (χ1) is 8.22. The Labute approximate surface area is 103 Å². The van der Waals surface area contributed by atoms with E-state index >= 15 is 0 Å². The lowest BCUT2D eigenvalue weighted by Gasteiger charge is -2.23. The van der Waals surface area contributed by atoms with Gasteiger partial charge in [0.15, 0.2) is 0 Å². The summed E-state index contributed by atoms with van der Waals surface area (Å²) in [5.74, 6) is 0.613. The predicted octanol–water partition coefficient (Wildman–Crippen LogP) is 2.21. The topological polar surface area (TPSA) is 32.7 Å². The Morgan fingerprint density at radius 1 is 1.47 bits per heavy atom. The number of anilines is 1. The number of methoxy groups -OCH3 is 1. The molecule has 2 rings (SSSR count). The lowest BCUT2D eigenvalue weighted by atomic mass is 10.1. The number of benzene rings is 1. The first kappa shape index (κ1) is 12.4. The van der Waals surface area contributed by atoms with Gasteiger partial charge in [0.2, 0.25) is 0 Å². The fourth-order valence-corrected chi connectivity index (χ4v) is 2.55. The minimum absolute atomic E-state index is 0.410. The fraction of sp³-hybridized carbons (Fsp3) is 0.571. The van der Waals surface area contributed by atoms with Gasteiger partial charge in [0.25, 0.3) is 0 Å². The molecular weight excluding hydrogens is 214 g/mol. The van der Waals surface area contributed by atoms with Crippen molar-refractivity contribution in [1.29, 1.82) is 0 Å². The molecule has 2 atom stereocenters. The van der Waals surface area contributed by atoms with Crippen LogP contribution in [0.2, 0.25) is 0 Å². The van der Waals surface area contributed by atoms with E-state index in [4.69, 9.17) is 4.74 Å². The maximum absolute atomic E-state index is 9.78. The normalized spacial score (nSPS) is 21.8. The fourth-order valence-electron chi connectivity index (χ4n) is 2.55. The van der Waals surface area contributed by atoms with Crippen molar-refractivity contribution in [2.75, 3.05) is 31.7 Å². The molecule has 1 aliphatic heterocycles. The number of hydrogen-bond donors (Lipinski definition) is 1. The molecule has 1 unspecified atom stereocenters. The first-order valence-corrected chi connectivity index (χ1v) is 6.23. The summed E-state index contributed by atoms with van der Waals surface area (Å²) in [7, 11) is 1.76. The SMILES string of the molecule is COCC1CCN(c2ccccc2[C@H](C)O)C1. The second-order valence-corrected chi connectivity index (χ2v) is 4.79. The maximum atomic E-state index is 9.78. The van der Waals surface area contributed by atoms with Crippen LogP contribution < -0.4 is 4.90 Å². The number of aliphatic hydroxyl groups is 1. The predicted molar refractivity (Wildman–Crippen MR) is 69.3 cm³/mol. The van der Waals surface area contributed by atoms with E-state index in [2.05, 4.69) is 11.0 Å². The van der Waals surface area contributed by atoms with Crippen molar-refractivity contribution in [3.63, 3.8) is 0 Å². The van der Waals surface area contributed by atoms with Gasteiger partial charge in [-0.2, -0.15) is 0 Å². The van der Waals surface area contributed by atoms with Gasteiger partial charge in [-0.1, -0.05) is 18.2 Å². The van der Waals surface area contributed by atoms with Crippen molar-refractivity contribution in [2.24, 2.45) is 5.92 Å². The van der Waals surface area contributed by atoms with Crippen LogP contribution in [0.15, 0.2) is 24.3 Å². The largest absolute Gasteiger partial charge is 0.389 e. The number of rotatable bonds is 4. The van der Waals surface area contributed by atoms with Crippen molar-refractivity contribution < 1.29 is 9.84 Å². The summed E-state index contributed by atoms with van der Waals surface area (Å²) in [5, 5.41) is 9.78.